The number of aliphatic hydroxyl groups excluding tert-OH is 1. The number of ketones is 1. The van der Waals surface area contributed by atoms with E-state index >= 15 is 0 Å². The molecule has 2 aromatic carbocycles. The zero-order valence-electron chi connectivity index (χ0n) is 19.5. The molecule has 0 saturated carbocycles. The van der Waals surface area contributed by atoms with Crippen LogP contribution in [0.5, 0.6) is 5.75 Å². The van der Waals surface area contributed by atoms with Crippen LogP contribution in [0.25, 0.3) is 0 Å². The van der Waals surface area contributed by atoms with E-state index in [2.05, 4.69) is 4.72 Å². The van der Waals surface area contributed by atoms with Gasteiger partial charge in [0.1, 0.15) is 11.8 Å². The maximum Gasteiger partial charge on any atom is 0.242 e. The molecule has 2 aliphatic rings. The SMILES string of the molecule is COc1ccc(C[C@@H](CO)N2C(=O)[C@@H](NS(=O)(=O)c3ccc(C)cc3)CC23C=CC(=O)C=C3)cc1. The summed E-state index contributed by atoms with van der Waals surface area (Å²) in [6, 6.07) is 11.9. The highest BCUT2D eigenvalue weighted by Crippen LogP contribution is 2.38. The van der Waals surface area contributed by atoms with E-state index in [4.69, 9.17) is 4.74 Å². The molecule has 4 rings (SSSR count). The predicted octanol–water partition coefficient (Wildman–Crippen LogP) is 1.92. The van der Waals surface area contributed by atoms with Crippen molar-refractivity contribution in [2.75, 3.05) is 13.7 Å². The Morgan fingerprint density at radius 2 is 1.71 bits per heavy atom. The average Bonchev–Trinajstić information content (AvgIpc) is 3.10. The average molecular weight is 497 g/mol. The van der Waals surface area contributed by atoms with E-state index in [9.17, 15) is 23.1 Å². The van der Waals surface area contributed by atoms with Gasteiger partial charge in [0.05, 0.1) is 30.2 Å². The molecule has 2 aromatic rings. The molecule has 184 valence electrons. The molecule has 8 nitrogen and oxygen atoms in total. The summed E-state index contributed by atoms with van der Waals surface area (Å²) in [6.45, 7) is 1.51. The van der Waals surface area contributed by atoms with E-state index in [-0.39, 0.29) is 23.7 Å². The first-order valence-corrected chi connectivity index (χ1v) is 12.7. The quantitative estimate of drug-likeness (QED) is 0.577. The molecule has 0 bridgehead atoms. The number of allylic oxidation sites excluding steroid dienone is 2. The predicted molar refractivity (Wildman–Crippen MR) is 130 cm³/mol. The number of benzene rings is 2. The van der Waals surface area contributed by atoms with E-state index in [0.29, 0.717) is 12.2 Å². The Kier molecular flexibility index (Phi) is 6.93. The van der Waals surface area contributed by atoms with Crippen LogP contribution in [0, 0.1) is 6.92 Å². The number of likely N-dealkylation sites (tertiary alicyclic amines) is 1. The van der Waals surface area contributed by atoms with E-state index in [1.165, 1.54) is 29.2 Å². The van der Waals surface area contributed by atoms with Gasteiger partial charge in [0.25, 0.3) is 0 Å². The standard InChI is InChI=1S/C26H28N2O6S/c1-18-3-9-23(10-4-18)35(32,33)27-24-16-26(13-11-21(30)12-14-26)28(25(24)31)20(17-29)15-19-5-7-22(34-2)8-6-19/h3-14,20,24,27,29H,15-17H2,1-2H3/t20-,24-/m0/s1. The Labute approximate surface area is 205 Å². The lowest BCUT2D eigenvalue weighted by Crippen LogP contribution is -2.53. The normalized spacial score (nSPS) is 20.0. The molecule has 1 spiro atoms. The number of hydrogen-bond donors (Lipinski definition) is 2. The Morgan fingerprint density at radius 3 is 2.29 bits per heavy atom. The molecule has 1 heterocycles. The molecule has 0 unspecified atom stereocenters. The third kappa shape index (κ3) is 5.07. The molecule has 1 aliphatic carbocycles. The minimum absolute atomic E-state index is 0.0604. The van der Waals surface area contributed by atoms with Crippen molar-refractivity contribution in [1.82, 2.24) is 9.62 Å². The van der Waals surface area contributed by atoms with Crippen LogP contribution in [0.2, 0.25) is 0 Å². The molecule has 0 aromatic heterocycles. The van der Waals surface area contributed by atoms with Crippen LogP contribution >= 0.6 is 0 Å². The number of aryl methyl sites for hydroxylation is 1. The van der Waals surface area contributed by atoms with Crippen molar-refractivity contribution < 1.29 is 27.9 Å². The van der Waals surface area contributed by atoms with Gasteiger partial charge in [-0.3, -0.25) is 9.59 Å². The lowest BCUT2D eigenvalue weighted by Gasteiger charge is -2.39. The van der Waals surface area contributed by atoms with Gasteiger partial charge in [-0.25, -0.2) is 8.42 Å². The van der Waals surface area contributed by atoms with Gasteiger partial charge in [0, 0.05) is 6.42 Å². The van der Waals surface area contributed by atoms with Crippen molar-refractivity contribution in [3.05, 3.63) is 84.0 Å². The van der Waals surface area contributed by atoms with Gasteiger partial charge >= 0.3 is 0 Å². The highest BCUT2D eigenvalue weighted by molar-refractivity contribution is 7.89. The molecule has 1 saturated heterocycles. The Hall–Kier alpha value is -3.27. The van der Waals surface area contributed by atoms with Crippen molar-refractivity contribution in [1.29, 1.82) is 0 Å². The van der Waals surface area contributed by atoms with E-state index in [1.807, 2.05) is 19.1 Å². The van der Waals surface area contributed by atoms with Crippen LogP contribution in [0.3, 0.4) is 0 Å². The van der Waals surface area contributed by atoms with Gasteiger partial charge in [0.2, 0.25) is 15.9 Å². The fourth-order valence-electron chi connectivity index (χ4n) is 4.60. The van der Waals surface area contributed by atoms with E-state index in [1.54, 1.807) is 43.5 Å². The number of amides is 1. The van der Waals surface area contributed by atoms with Gasteiger partial charge in [-0.2, -0.15) is 4.72 Å². The fourth-order valence-corrected chi connectivity index (χ4v) is 5.79. The maximum absolute atomic E-state index is 13.6. The minimum atomic E-state index is -3.97. The van der Waals surface area contributed by atoms with Crippen molar-refractivity contribution in [2.45, 2.75) is 42.3 Å². The van der Waals surface area contributed by atoms with Gasteiger partial charge in [-0.05, 0) is 55.3 Å². The molecule has 2 atom stereocenters. The summed E-state index contributed by atoms with van der Waals surface area (Å²) in [5.41, 5.74) is 0.750. The van der Waals surface area contributed by atoms with Crippen LogP contribution in [0.1, 0.15) is 17.5 Å². The summed E-state index contributed by atoms with van der Waals surface area (Å²) < 4.78 is 33.8. The number of rotatable bonds is 8. The molecule has 1 amide bonds. The third-order valence-electron chi connectivity index (χ3n) is 6.42. The summed E-state index contributed by atoms with van der Waals surface area (Å²) in [4.78, 5) is 27.0. The Balaban J connectivity index is 1.65. The summed E-state index contributed by atoms with van der Waals surface area (Å²) in [5, 5.41) is 10.3. The lowest BCUT2D eigenvalue weighted by molar-refractivity contribution is -0.134. The zero-order chi connectivity index (χ0) is 25.2. The molecule has 35 heavy (non-hydrogen) atoms. The first-order chi connectivity index (χ1) is 16.7. The van der Waals surface area contributed by atoms with Crippen LogP contribution in [-0.2, 0) is 26.0 Å². The van der Waals surface area contributed by atoms with Crippen molar-refractivity contribution >= 4 is 21.7 Å². The van der Waals surface area contributed by atoms with Gasteiger partial charge in [0.15, 0.2) is 5.78 Å². The van der Waals surface area contributed by atoms with Crippen LogP contribution in [-0.4, -0.2) is 61.5 Å². The van der Waals surface area contributed by atoms with Crippen molar-refractivity contribution in [3.8, 4) is 5.75 Å². The maximum atomic E-state index is 13.6. The number of hydrogen-bond acceptors (Lipinski definition) is 6. The topological polar surface area (TPSA) is 113 Å². The van der Waals surface area contributed by atoms with Crippen molar-refractivity contribution in [2.24, 2.45) is 0 Å². The highest BCUT2D eigenvalue weighted by Gasteiger charge is 2.52. The molecule has 1 aliphatic heterocycles. The molecular weight excluding hydrogens is 468 g/mol. The number of carbonyl (C=O) groups excluding carboxylic acids is 2. The lowest BCUT2D eigenvalue weighted by atomic mass is 9.88. The third-order valence-corrected chi connectivity index (χ3v) is 7.91. The number of nitrogens with zero attached hydrogens (tertiary/aromatic N) is 1. The van der Waals surface area contributed by atoms with Gasteiger partial charge in [-0.15, -0.1) is 0 Å². The Morgan fingerprint density at radius 1 is 1.09 bits per heavy atom. The number of carbonyl (C=O) groups is 2. The molecule has 9 heteroatoms. The summed E-state index contributed by atoms with van der Waals surface area (Å²) in [6.07, 6.45) is 6.41. The highest BCUT2D eigenvalue weighted by atomic mass is 32.2. The second-order valence-electron chi connectivity index (χ2n) is 8.85. The van der Waals surface area contributed by atoms with E-state index in [0.717, 1.165) is 11.1 Å². The Bertz CT molecular complexity index is 1250. The first kappa shape index (κ1) is 24.8. The summed E-state index contributed by atoms with van der Waals surface area (Å²) in [5.74, 6) is 0.00423. The molecular formula is C26H28N2O6S. The van der Waals surface area contributed by atoms with Crippen LogP contribution in [0.15, 0.2) is 77.7 Å². The van der Waals surface area contributed by atoms with Crippen LogP contribution < -0.4 is 9.46 Å². The number of methoxy groups -OCH3 is 1. The number of nitrogens with one attached hydrogen (secondary N) is 1. The monoisotopic (exact) mass is 496 g/mol. The number of sulfonamides is 1. The van der Waals surface area contributed by atoms with Crippen LogP contribution in [0.4, 0.5) is 0 Å². The fraction of sp³-hybridized carbons (Fsp3) is 0.308. The molecule has 1 fully saturated rings. The zero-order valence-corrected chi connectivity index (χ0v) is 20.4. The van der Waals surface area contributed by atoms with E-state index < -0.39 is 33.6 Å². The second kappa shape index (κ2) is 9.77. The van der Waals surface area contributed by atoms with Crippen molar-refractivity contribution in [3.63, 3.8) is 0 Å². The number of aliphatic hydroxyl groups is 1. The largest absolute Gasteiger partial charge is 0.497 e. The second-order valence-corrected chi connectivity index (χ2v) is 10.6. The summed E-state index contributed by atoms with van der Waals surface area (Å²) in [7, 11) is -2.40. The van der Waals surface area contributed by atoms with Gasteiger partial charge < -0.3 is 14.7 Å². The molecule has 0 radical (unpaired) electrons. The molecule has 2 N–H and O–H groups in total. The number of ether oxygens (including phenoxy) is 1. The first-order valence-electron chi connectivity index (χ1n) is 11.3. The smallest absolute Gasteiger partial charge is 0.242 e. The minimum Gasteiger partial charge on any atom is -0.497 e. The summed E-state index contributed by atoms with van der Waals surface area (Å²) >= 11 is 0. The van der Waals surface area contributed by atoms with Gasteiger partial charge in [-0.1, -0.05) is 42.0 Å².